The van der Waals surface area contributed by atoms with Gasteiger partial charge in [0.15, 0.2) is 17.0 Å². The molecule has 3 heterocycles. The lowest BCUT2D eigenvalue weighted by atomic mass is 10.2. The standard InChI is InChI=1S/C14H19N5O/c1-3-10(2)18-13-12-14(16-8-15-13)19(9-17-12)11-6-4-5-7-20-11/h3,8-11H,1,4-7H2,2H3,(H,15,16,18). The molecule has 0 aliphatic carbocycles. The van der Waals surface area contributed by atoms with Crippen molar-refractivity contribution in [1.29, 1.82) is 0 Å². The van der Waals surface area contributed by atoms with Crippen LogP contribution in [-0.4, -0.2) is 32.2 Å². The fourth-order valence-electron chi connectivity index (χ4n) is 2.39. The number of hydrogen-bond donors (Lipinski definition) is 1. The van der Waals surface area contributed by atoms with Crippen LogP contribution >= 0.6 is 0 Å². The van der Waals surface area contributed by atoms with E-state index in [0.29, 0.717) is 0 Å². The number of imidazole rings is 1. The molecule has 0 amide bonds. The topological polar surface area (TPSA) is 64.9 Å². The first kappa shape index (κ1) is 13.1. The summed E-state index contributed by atoms with van der Waals surface area (Å²) >= 11 is 0. The molecule has 0 aromatic carbocycles. The average molecular weight is 273 g/mol. The zero-order chi connectivity index (χ0) is 13.9. The Morgan fingerprint density at radius 2 is 2.35 bits per heavy atom. The summed E-state index contributed by atoms with van der Waals surface area (Å²) in [6.07, 6.45) is 8.51. The van der Waals surface area contributed by atoms with Crippen LogP contribution in [0.4, 0.5) is 5.82 Å². The molecule has 1 aliphatic rings. The van der Waals surface area contributed by atoms with Gasteiger partial charge in [0.2, 0.25) is 0 Å². The lowest BCUT2D eigenvalue weighted by Gasteiger charge is -2.23. The zero-order valence-corrected chi connectivity index (χ0v) is 11.6. The SMILES string of the molecule is C=CC(C)Nc1ncnc2c1ncn2C1CCCCO1. The van der Waals surface area contributed by atoms with E-state index in [2.05, 4.69) is 26.8 Å². The number of ether oxygens (including phenoxy) is 1. The minimum Gasteiger partial charge on any atom is -0.362 e. The maximum Gasteiger partial charge on any atom is 0.167 e. The van der Waals surface area contributed by atoms with Crippen LogP contribution in [0.1, 0.15) is 32.4 Å². The third kappa shape index (κ3) is 2.38. The zero-order valence-electron chi connectivity index (χ0n) is 11.6. The van der Waals surface area contributed by atoms with Crippen LogP contribution in [0, 0.1) is 0 Å². The second-order valence-corrected chi connectivity index (χ2v) is 5.04. The molecule has 0 bridgehead atoms. The van der Waals surface area contributed by atoms with Gasteiger partial charge in [0.25, 0.3) is 0 Å². The highest BCUT2D eigenvalue weighted by Gasteiger charge is 2.20. The van der Waals surface area contributed by atoms with Crippen molar-refractivity contribution in [3.63, 3.8) is 0 Å². The lowest BCUT2D eigenvalue weighted by Crippen LogP contribution is -2.18. The molecule has 0 radical (unpaired) electrons. The predicted molar refractivity (Wildman–Crippen MR) is 77.4 cm³/mol. The van der Waals surface area contributed by atoms with Crippen molar-refractivity contribution in [2.24, 2.45) is 0 Å². The molecule has 1 aliphatic heterocycles. The first-order valence-corrected chi connectivity index (χ1v) is 6.98. The van der Waals surface area contributed by atoms with Crippen LogP contribution in [0.3, 0.4) is 0 Å². The highest BCUT2D eigenvalue weighted by molar-refractivity contribution is 5.82. The van der Waals surface area contributed by atoms with Crippen molar-refractivity contribution in [1.82, 2.24) is 19.5 Å². The number of nitrogens with zero attached hydrogens (tertiary/aromatic N) is 4. The fraction of sp³-hybridized carbons (Fsp3) is 0.500. The fourth-order valence-corrected chi connectivity index (χ4v) is 2.39. The first-order valence-electron chi connectivity index (χ1n) is 6.98. The summed E-state index contributed by atoms with van der Waals surface area (Å²) in [4.78, 5) is 13.1. The molecule has 2 aromatic rings. The van der Waals surface area contributed by atoms with Gasteiger partial charge in [0.05, 0.1) is 6.33 Å². The average Bonchev–Trinajstić information content (AvgIpc) is 2.93. The summed E-state index contributed by atoms with van der Waals surface area (Å²) in [5.74, 6) is 0.733. The maximum atomic E-state index is 5.80. The Morgan fingerprint density at radius 3 is 3.10 bits per heavy atom. The molecular formula is C14H19N5O. The van der Waals surface area contributed by atoms with Gasteiger partial charge in [-0.2, -0.15) is 0 Å². The van der Waals surface area contributed by atoms with Crippen LogP contribution < -0.4 is 5.32 Å². The Balaban J connectivity index is 1.96. The lowest BCUT2D eigenvalue weighted by molar-refractivity contribution is -0.0298. The Kier molecular flexibility index (Phi) is 3.64. The van der Waals surface area contributed by atoms with Crippen LogP contribution in [0.2, 0.25) is 0 Å². The van der Waals surface area contributed by atoms with E-state index >= 15 is 0 Å². The van der Waals surface area contributed by atoms with Crippen molar-refractivity contribution in [2.45, 2.75) is 38.5 Å². The predicted octanol–water partition coefficient (Wildman–Crippen LogP) is 2.51. The highest BCUT2D eigenvalue weighted by atomic mass is 16.5. The Hall–Kier alpha value is -1.95. The van der Waals surface area contributed by atoms with E-state index in [-0.39, 0.29) is 12.3 Å². The van der Waals surface area contributed by atoms with Gasteiger partial charge in [-0.1, -0.05) is 6.08 Å². The molecule has 0 spiro atoms. The van der Waals surface area contributed by atoms with E-state index in [9.17, 15) is 0 Å². The van der Waals surface area contributed by atoms with E-state index in [4.69, 9.17) is 4.74 Å². The summed E-state index contributed by atoms with van der Waals surface area (Å²) in [5.41, 5.74) is 1.58. The second kappa shape index (κ2) is 5.58. The Labute approximate surface area is 117 Å². The van der Waals surface area contributed by atoms with Crippen molar-refractivity contribution in [3.05, 3.63) is 25.3 Å². The van der Waals surface area contributed by atoms with Crippen molar-refractivity contribution >= 4 is 17.0 Å². The van der Waals surface area contributed by atoms with Gasteiger partial charge in [-0.05, 0) is 26.2 Å². The summed E-state index contributed by atoms with van der Waals surface area (Å²) in [6, 6.07) is 0.129. The van der Waals surface area contributed by atoms with Crippen molar-refractivity contribution in [2.75, 3.05) is 11.9 Å². The van der Waals surface area contributed by atoms with Gasteiger partial charge in [0, 0.05) is 12.6 Å². The molecule has 106 valence electrons. The number of anilines is 1. The molecule has 2 atom stereocenters. The van der Waals surface area contributed by atoms with Crippen molar-refractivity contribution in [3.8, 4) is 0 Å². The molecule has 1 fully saturated rings. The van der Waals surface area contributed by atoms with E-state index in [0.717, 1.165) is 36.4 Å². The third-order valence-corrected chi connectivity index (χ3v) is 3.54. The van der Waals surface area contributed by atoms with Gasteiger partial charge in [-0.15, -0.1) is 6.58 Å². The minimum absolute atomic E-state index is 0.0355. The Morgan fingerprint density at radius 1 is 1.45 bits per heavy atom. The van der Waals surface area contributed by atoms with Gasteiger partial charge in [0.1, 0.15) is 12.6 Å². The monoisotopic (exact) mass is 273 g/mol. The molecule has 1 saturated heterocycles. The number of nitrogens with one attached hydrogen (secondary N) is 1. The highest BCUT2D eigenvalue weighted by Crippen LogP contribution is 2.27. The van der Waals surface area contributed by atoms with Crippen molar-refractivity contribution < 1.29 is 4.74 Å². The van der Waals surface area contributed by atoms with Gasteiger partial charge < -0.3 is 10.1 Å². The molecule has 2 aromatic heterocycles. The summed E-state index contributed by atoms with van der Waals surface area (Å²) in [6.45, 7) is 6.58. The minimum atomic E-state index is 0.0355. The number of rotatable bonds is 4. The number of aromatic nitrogens is 4. The molecule has 6 heteroatoms. The quantitative estimate of drug-likeness (QED) is 0.867. The van der Waals surface area contributed by atoms with E-state index in [1.54, 1.807) is 12.7 Å². The molecule has 2 unspecified atom stereocenters. The second-order valence-electron chi connectivity index (χ2n) is 5.04. The molecule has 20 heavy (non-hydrogen) atoms. The van der Waals surface area contributed by atoms with E-state index in [1.165, 1.54) is 6.42 Å². The van der Waals surface area contributed by atoms with Crippen LogP contribution in [0.15, 0.2) is 25.3 Å². The Bertz CT molecular complexity index is 603. The molecule has 1 N–H and O–H groups in total. The molecule has 6 nitrogen and oxygen atoms in total. The smallest absolute Gasteiger partial charge is 0.167 e. The van der Waals surface area contributed by atoms with Crippen LogP contribution in [-0.2, 0) is 4.74 Å². The van der Waals surface area contributed by atoms with Gasteiger partial charge >= 0.3 is 0 Å². The van der Waals surface area contributed by atoms with Gasteiger partial charge in [-0.3, -0.25) is 4.57 Å². The summed E-state index contributed by atoms with van der Waals surface area (Å²) in [7, 11) is 0. The largest absolute Gasteiger partial charge is 0.362 e. The first-order chi connectivity index (χ1) is 9.79. The third-order valence-electron chi connectivity index (χ3n) is 3.54. The molecule has 3 rings (SSSR count). The number of hydrogen-bond acceptors (Lipinski definition) is 5. The maximum absolute atomic E-state index is 5.80. The normalized spacial score (nSPS) is 20.8. The van der Waals surface area contributed by atoms with Gasteiger partial charge in [-0.25, -0.2) is 15.0 Å². The van der Waals surface area contributed by atoms with Crippen LogP contribution in [0.25, 0.3) is 11.2 Å². The van der Waals surface area contributed by atoms with E-state index < -0.39 is 0 Å². The van der Waals surface area contributed by atoms with Crippen LogP contribution in [0.5, 0.6) is 0 Å². The molecular weight excluding hydrogens is 254 g/mol. The van der Waals surface area contributed by atoms with E-state index in [1.807, 2.05) is 17.6 Å². The number of fused-ring (bicyclic) bond motifs is 1. The molecule has 0 saturated carbocycles. The summed E-state index contributed by atoms with van der Waals surface area (Å²) in [5, 5.41) is 3.26. The summed E-state index contributed by atoms with van der Waals surface area (Å²) < 4.78 is 7.80.